The van der Waals surface area contributed by atoms with Crippen molar-refractivity contribution in [3.63, 3.8) is 0 Å². The Morgan fingerprint density at radius 1 is 1.15 bits per heavy atom. The van der Waals surface area contributed by atoms with Gasteiger partial charge in [0.15, 0.2) is 11.8 Å². The molecule has 0 radical (unpaired) electrons. The largest absolute Gasteiger partial charge is 0.411 e. The molecule has 0 aromatic heterocycles. The zero-order chi connectivity index (χ0) is 23.9. The first-order chi connectivity index (χ1) is 15.5. The second kappa shape index (κ2) is 8.55. The van der Waals surface area contributed by atoms with Crippen molar-refractivity contribution in [3.8, 4) is 0 Å². The lowest BCUT2D eigenvalue weighted by molar-refractivity contribution is -0.147. The molecule has 176 valence electrons. The number of aliphatic imine (C=N–C) groups is 1. The van der Waals surface area contributed by atoms with Crippen LogP contribution in [0, 0.1) is 5.82 Å². The van der Waals surface area contributed by atoms with E-state index < -0.39 is 39.2 Å². The third kappa shape index (κ3) is 4.66. The number of hydrogen-bond acceptors (Lipinski definition) is 4. The highest BCUT2D eigenvalue weighted by molar-refractivity contribution is 7.92. The Morgan fingerprint density at radius 2 is 1.82 bits per heavy atom. The summed E-state index contributed by atoms with van der Waals surface area (Å²) in [5, 5.41) is 0. The first-order valence-electron chi connectivity index (χ1n) is 10.5. The number of halogens is 4. The number of nitrogens with zero attached hydrogens (tertiary/aromatic N) is 3. The van der Waals surface area contributed by atoms with Crippen molar-refractivity contribution < 1.29 is 26.6 Å². The van der Waals surface area contributed by atoms with Gasteiger partial charge in [-0.15, -0.1) is 0 Å². The van der Waals surface area contributed by atoms with Crippen LogP contribution in [-0.4, -0.2) is 44.6 Å². The maximum absolute atomic E-state index is 14.7. The first kappa shape index (κ1) is 23.4. The van der Waals surface area contributed by atoms with E-state index in [2.05, 4.69) is 9.36 Å². The zero-order valence-electron chi connectivity index (χ0n) is 17.9. The SMILES string of the molecule is C[C@@]1(c2ccccc2F)CS2(=O)=N[C@H](C(F)(F)F)CCCN2C(CC(=O)c2ccccc2)=N1. The summed E-state index contributed by atoms with van der Waals surface area (Å²) in [5.41, 5.74) is -0.959. The molecule has 1 unspecified atom stereocenters. The van der Waals surface area contributed by atoms with Crippen LogP contribution in [0.15, 0.2) is 64.0 Å². The Labute approximate surface area is 189 Å². The Kier molecular flexibility index (Phi) is 6.07. The highest BCUT2D eigenvalue weighted by atomic mass is 32.2. The molecule has 2 heterocycles. The summed E-state index contributed by atoms with van der Waals surface area (Å²) in [5.74, 6) is -1.28. The number of hydrogen-bond donors (Lipinski definition) is 0. The van der Waals surface area contributed by atoms with Crippen LogP contribution in [0.3, 0.4) is 0 Å². The number of benzene rings is 2. The van der Waals surface area contributed by atoms with E-state index >= 15 is 0 Å². The Morgan fingerprint density at radius 3 is 2.48 bits per heavy atom. The third-order valence-electron chi connectivity index (χ3n) is 5.85. The first-order valence-corrected chi connectivity index (χ1v) is 12.2. The van der Waals surface area contributed by atoms with Crippen LogP contribution < -0.4 is 0 Å². The van der Waals surface area contributed by atoms with Crippen molar-refractivity contribution in [1.29, 1.82) is 0 Å². The molecule has 0 spiro atoms. The summed E-state index contributed by atoms with van der Waals surface area (Å²) in [6.07, 6.45) is -5.16. The highest BCUT2D eigenvalue weighted by Gasteiger charge is 2.47. The summed E-state index contributed by atoms with van der Waals surface area (Å²) < 4.78 is 74.5. The second-order valence-electron chi connectivity index (χ2n) is 8.41. The average Bonchev–Trinajstić information content (AvgIpc) is 2.93. The lowest BCUT2D eigenvalue weighted by Gasteiger charge is -2.40. The normalized spacial score (nSPS) is 27.7. The van der Waals surface area contributed by atoms with E-state index in [1.165, 1.54) is 29.4 Å². The van der Waals surface area contributed by atoms with Gasteiger partial charge >= 0.3 is 6.18 Å². The summed E-state index contributed by atoms with van der Waals surface area (Å²) >= 11 is 0. The number of ketones is 1. The molecule has 0 amide bonds. The molecule has 33 heavy (non-hydrogen) atoms. The molecule has 0 saturated heterocycles. The summed E-state index contributed by atoms with van der Waals surface area (Å²) in [6, 6.07) is 12.0. The van der Waals surface area contributed by atoms with Crippen molar-refractivity contribution in [2.24, 2.45) is 9.36 Å². The van der Waals surface area contributed by atoms with Gasteiger partial charge in [0.25, 0.3) is 0 Å². The molecule has 5 nitrogen and oxygen atoms in total. The maximum atomic E-state index is 14.7. The van der Waals surface area contributed by atoms with Gasteiger partial charge in [-0.1, -0.05) is 48.5 Å². The smallest absolute Gasteiger partial charge is 0.294 e. The molecule has 0 N–H and O–H groups in total. The number of carbonyl (C=O) groups is 1. The number of fused-ring (bicyclic) bond motifs is 1. The van der Waals surface area contributed by atoms with Crippen LogP contribution in [-0.2, 0) is 15.5 Å². The maximum Gasteiger partial charge on any atom is 0.411 e. The van der Waals surface area contributed by atoms with Crippen LogP contribution in [0.5, 0.6) is 0 Å². The van der Waals surface area contributed by atoms with Gasteiger partial charge < -0.3 is 0 Å². The van der Waals surface area contributed by atoms with Gasteiger partial charge in [0, 0.05) is 17.7 Å². The van der Waals surface area contributed by atoms with Crippen LogP contribution >= 0.6 is 0 Å². The molecule has 0 bridgehead atoms. The van der Waals surface area contributed by atoms with Gasteiger partial charge in [-0.25, -0.2) is 13.0 Å². The van der Waals surface area contributed by atoms with Crippen molar-refractivity contribution in [3.05, 3.63) is 71.5 Å². The van der Waals surface area contributed by atoms with Crippen LogP contribution in [0.2, 0.25) is 0 Å². The zero-order valence-corrected chi connectivity index (χ0v) is 18.7. The number of rotatable bonds is 4. The lowest BCUT2D eigenvalue weighted by Crippen LogP contribution is -2.50. The number of Topliss-reactive ketones (excluding diaryl/α,β-unsaturated/α-hetero) is 1. The van der Waals surface area contributed by atoms with Gasteiger partial charge in [-0.3, -0.25) is 14.1 Å². The Bertz CT molecular complexity index is 1210. The molecule has 2 aromatic rings. The standard InChI is InChI=1S/C23H23F4N3O2S/c1-22(17-10-5-6-11-18(17)24)15-33(32)29-20(23(25,26)27)12-7-13-30(33)21(28-22)14-19(31)16-8-3-2-4-9-16/h2-6,8-11,20H,7,12-15H2,1H3/t20-,22-,33?/m0/s1. The van der Waals surface area contributed by atoms with Crippen molar-refractivity contribution in [1.82, 2.24) is 4.31 Å². The summed E-state index contributed by atoms with van der Waals surface area (Å²) in [4.78, 5) is 17.6. The number of carbonyl (C=O) groups excluding carboxylic acids is 1. The second-order valence-corrected chi connectivity index (χ2v) is 10.6. The number of amidine groups is 1. The molecule has 3 atom stereocenters. The summed E-state index contributed by atoms with van der Waals surface area (Å²) in [6.45, 7) is 1.54. The van der Waals surface area contributed by atoms with E-state index in [4.69, 9.17) is 0 Å². The van der Waals surface area contributed by atoms with E-state index in [1.807, 2.05) is 0 Å². The van der Waals surface area contributed by atoms with E-state index in [0.29, 0.717) is 5.56 Å². The quantitative estimate of drug-likeness (QED) is 0.449. The fourth-order valence-electron chi connectivity index (χ4n) is 4.28. The molecular formula is C23H23F4N3O2S. The molecule has 0 saturated carbocycles. The molecule has 0 aliphatic carbocycles. The van der Waals surface area contributed by atoms with Gasteiger partial charge in [0.1, 0.15) is 27.1 Å². The predicted octanol–water partition coefficient (Wildman–Crippen LogP) is 5.14. The lowest BCUT2D eigenvalue weighted by atomic mass is 9.94. The van der Waals surface area contributed by atoms with Crippen LogP contribution in [0.4, 0.5) is 17.6 Å². The van der Waals surface area contributed by atoms with Crippen molar-refractivity contribution >= 4 is 21.5 Å². The highest BCUT2D eigenvalue weighted by Crippen LogP contribution is 2.39. The molecule has 0 fully saturated rings. The fraction of sp³-hybridized carbons (Fsp3) is 0.391. The topological polar surface area (TPSA) is 62.1 Å². The average molecular weight is 482 g/mol. The minimum absolute atomic E-state index is 0.0170. The van der Waals surface area contributed by atoms with E-state index in [-0.39, 0.29) is 43.0 Å². The van der Waals surface area contributed by atoms with Gasteiger partial charge in [0.2, 0.25) is 0 Å². The minimum Gasteiger partial charge on any atom is -0.294 e. The molecule has 10 heteroatoms. The van der Waals surface area contributed by atoms with Gasteiger partial charge in [0.05, 0.1) is 12.2 Å². The fourth-order valence-corrected chi connectivity index (χ4v) is 7.05. The molecule has 4 rings (SSSR count). The third-order valence-corrected chi connectivity index (χ3v) is 8.46. The van der Waals surface area contributed by atoms with Gasteiger partial charge in [-0.05, 0) is 25.8 Å². The monoisotopic (exact) mass is 481 g/mol. The minimum atomic E-state index is -4.65. The summed E-state index contributed by atoms with van der Waals surface area (Å²) in [7, 11) is -3.66. The molecule has 2 aliphatic heterocycles. The van der Waals surface area contributed by atoms with Crippen molar-refractivity contribution in [2.45, 2.75) is 43.9 Å². The van der Waals surface area contributed by atoms with E-state index in [9.17, 15) is 26.6 Å². The number of alkyl halides is 3. The van der Waals surface area contributed by atoms with Gasteiger partial charge in [-0.2, -0.15) is 13.2 Å². The Balaban J connectivity index is 1.85. The predicted molar refractivity (Wildman–Crippen MR) is 118 cm³/mol. The van der Waals surface area contributed by atoms with Crippen LogP contribution in [0.1, 0.15) is 42.1 Å². The van der Waals surface area contributed by atoms with Crippen LogP contribution in [0.25, 0.3) is 0 Å². The van der Waals surface area contributed by atoms with E-state index in [1.54, 1.807) is 36.4 Å². The molecule has 2 aromatic carbocycles. The van der Waals surface area contributed by atoms with Crippen molar-refractivity contribution in [2.75, 3.05) is 12.3 Å². The molecule has 2 aliphatic rings. The Hall–Kier alpha value is -2.75. The van der Waals surface area contributed by atoms with E-state index in [0.717, 1.165) is 0 Å². The molecular weight excluding hydrogens is 458 g/mol.